The van der Waals surface area contributed by atoms with Crippen LogP contribution in [0.15, 0.2) is 94.9 Å². The molecular weight excluding hydrogens is 386 g/mol. The molecule has 0 atom stereocenters. The summed E-state index contributed by atoms with van der Waals surface area (Å²) in [6.45, 7) is 1.96. The van der Waals surface area contributed by atoms with Crippen molar-refractivity contribution in [3.8, 4) is 0 Å². The molecule has 3 rings (SSSR count). The quantitative estimate of drug-likeness (QED) is 0.466. The normalized spacial score (nSPS) is 10.9. The van der Waals surface area contributed by atoms with Gasteiger partial charge in [0, 0.05) is 23.2 Å². The highest BCUT2D eigenvalue weighted by atomic mass is 32.2. The summed E-state index contributed by atoms with van der Waals surface area (Å²) in [5, 5.41) is 4.32. The fourth-order valence-electron chi connectivity index (χ4n) is 2.74. The monoisotopic (exact) mass is 407 g/mol. The molecule has 3 aromatic rings. The second-order valence-electron chi connectivity index (χ2n) is 6.16. The average Bonchev–Trinajstić information content (AvgIpc) is 2.75. The molecule has 6 nitrogen and oxygen atoms in total. The molecule has 2 N–H and O–H groups in total. The van der Waals surface area contributed by atoms with E-state index in [2.05, 4.69) is 15.2 Å². The Morgan fingerprint density at radius 2 is 1.38 bits per heavy atom. The Bertz CT molecular complexity index is 1070. The molecule has 0 aliphatic carbocycles. The molecule has 0 aromatic heterocycles. The third kappa shape index (κ3) is 5.16. The minimum atomic E-state index is -3.65. The van der Waals surface area contributed by atoms with E-state index in [0.717, 1.165) is 11.1 Å². The van der Waals surface area contributed by atoms with Crippen LogP contribution in [-0.4, -0.2) is 26.6 Å². The zero-order chi connectivity index (χ0) is 20.7. The molecule has 0 saturated carbocycles. The van der Waals surface area contributed by atoms with Crippen LogP contribution in [0.1, 0.15) is 28.4 Å². The van der Waals surface area contributed by atoms with E-state index in [1.165, 1.54) is 18.2 Å². The number of nitrogens with one attached hydrogen (secondary N) is 2. The summed E-state index contributed by atoms with van der Waals surface area (Å²) < 4.78 is 26.8. The van der Waals surface area contributed by atoms with Gasteiger partial charge in [0.05, 0.1) is 10.6 Å². The zero-order valence-corrected chi connectivity index (χ0v) is 16.7. The summed E-state index contributed by atoms with van der Waals surface area (Å²) in [5.74, 6) is -0.497. The van der Waals surface area contributed by atoms with Crippen LogP contribution >= 0.6 is 0 Å². The maximum absolute atomic E-state index is 12.6. The predicted octanol–water partition coefficient (Wildman–Crippen LogP) is 3.17. The number of amides is 1. The minimum absolute atomic E-state index is 0.0299. The molecule has 0 aliphatic heterocycles. The number of hydrogen-bond acceptors (Lipinski definition) is 4. The number of sulfonamides is 1. The van der Waals surface area contributed by atoms with Crippen molar-refractivity contribution in [1.29, 1.82) is 0 Å². The number of carbonyl (C=O) groups excluding carboxylic acids is 1. The second kappa shape index (κ2) is 9.27. The predicted molar refractivity (Wildman–Crippen MR) is 113 cm³/mol. The van der Waals surface area contributed by atoms with Gasteiger partial charge < -0.3 is 0 Å². The maximum atomic E-state index is 12.6. The minimum Gasteiger partial charge on any atom is -0.267 e. The van der Waals surface area contributed by atoms with Gasteiger partial charge in [0.2, 0.25) is 10.0 Å². The lowest BCUT2D eigenvalue weighted by Gasteiger charge is -2.09. The molecule has 1 amide bonds. The lowest BCUT2D eigenvalue weighted by molar-refractivity contribution is 0.0954. The summed E-state index contributed by atoms with van der Waals surface area (Å²) in [6, 6.07) is 24.8. The highest BCUT2D eigenvalue weighted by Crippen LogP contribution is 2.13. The Labute approximate surface area is 170 Å². The number of nitrogens with zero attached hydrogens (tertiary/aromatic N) is 1. The van der Waals surface area contributed by atoms with Crippen LogP contribution in [-0.2, 0) is 10.0 Å². The van der Waals surface area contributed by atoms with E-state index in [1.54, 1.807) is 13.0 Å². The molecule has 7 heteroatoms. The van der Waals surface area contributed by atoms with Crippen LogP contribution in [0.25, 0.3) is 0 Å². The van der Waals surface area contributed by atoms with Gasteiger partial charge in [0.1, 0.15) is 0 Å². The van der Waals surface area contributed by atoms with Crippen LogP contribution in [0.5, 0.6) is 0 Å². The van der Waals surface area contributed by atoms with Gasteiger partial charge in [-0.1, -0.05) is 73.7 Å². The highest BCUT2D eigenvalue weighted by Gasteiger charge is 2.15. The number of rotatable bonds is 7. The Kier molecular flexibility index (Phi) is 6.54. The van der Waals surface area contributed by atoms with Gasteiger partial charge in [-0.05, 0) is 18.2 Å². The number of benzene rings is 3. The Hall–Kier alpha value is -3.29. The molecule has 0 radical (unpaired) electrons. The summed E-state index contributed by atoms with van der Waals surface area (Å²) >= 11 is 0. The van der Waals surface area contributed by atoms with E-state index in [4.69, 9.17) is 0 Å². The molecule has 0 bridgehead atoms. The first-order valence-electron chi connectivity index (χ1n) is 9.10. The van der Waals surface area contributed by atoms with Gasteiger partial charge in [-0.2, -0.15) is 5.10 Å². The highest BCUT2D eigenvalue weighted by molar-refractivity contribution is 7.89. The fourth-order valence-corrected chi connectivity index (χ4v) is 3.82. The molecule has 148 valence electrons. The number of hydrazone groups is 1. The van der Waals surface area contributed by atoms with Gasteiger partial charge in [-0.3, -0.25) is 4.79 Å². The van der Waals surface area contributed by atoms with E-state index < -0.39 is 15.9 Å². The van der Waals surface area contributed by atoms with Gasteiger partial charge in [0.25, 0.3) is 5.91 Å². The smallest absolute Gasteiger partial charge is 0.267 e. The summed E-state index contributed by atoms with van der Waals surface area (Å²) in [6.07, 6.45) is 0. The SMILES string of the molecule is CCNS(=O)(=O)c1cccc(C(=O)NN=C(c2ccccc2)c2ccccc2)c1. The van der Waals surface area contributed by atoms with E-state index in [1.807, 2.05) is 60.7 Å². The van der Waals surface area contributed by atoms with E-state index in [0.29, 0.717) is 5.71 Å². The first-order valence-corrected chi connectivity index (χ1v) is 10.6. The third-order valence-corrected chi connectivity index (χ3v) is 5.65. The largest absolute Gasteiger partial charge is 0.271 e. The lowest BCUT2D eigenvalue weighted by Crippen LogP contribution is -2.24. The van der Waals surface area contributed by atoms with Crippen molar-refractivity contribution in [1.82, 2.24) is 10.1 Å². The van der Waals surface area contributed by atoms with Crippen LogP contribution in [0.2, 0.25) is 0 Å². The molecule has 0 unspecified atom stereocenters. The van der Waals surface area contributed by atoms with Crippen LogP contribution < -0.4 is 10.1 Å². The maximum Gasteiger partial charge on any atom is 0.271 e. The average molecular weight is 407 g/mol. The van der Waals surface area contributed by atoms with Crippen molar-refractivity contribution in [2.24, 2.45) is 5.10 Å². The van der Waals surface area contributed by atoms with Crippen molar-refractivity contribution in [3.05, 3.63) is 102 Å². The Balaban J connectivity index is 1.90. The number of carbonyl (C=O) groups is 1. The second-order valence-corrected chi connectivity index (χ2v) is 7.93. The summed E-state index contributed by atoms with van der Waals surface area (Å²) in [7, 11) is -3.65. The van der Waals surface area contributed by atoms with Crippen molar-refractivity contribution in [2.75, 3.05) is 6.54 Å². The van der Waals surface area contributed by atoms with Crippen LogP contribution in [0, 0.1) is 0 Å². The van der Waals surface area contributed by atoms with Gasteiger partial charge in [-0.25, -0.2) is 18.6 Å². The molecule has 0 spiro atoms. The first kappa shape index (κ1) is 20.4. The molecule has 29 heavy (non-hydrogen) atoms. The summed E-state index contributed by atoms with van der Waals surface area (Å²) in [4.78, 5) is 12.6. The molecule has 0 heterocycles. The number of hydrogen-bond donors (Lipinski definition) is 2. The van der Waals surface area contributed by atoms with Gasteiger partial charge in [0.15, 0.2) is 0 Å². The first-order chi connectivity index (χ1) is 14.0. The molecule has 3 aromatic carbocycles. The molecule has 0 fully saturated rings. The van der Waals surface area contributed by atoms with Crippen molar-refractivity contribution in [3.63, 3.8) is 0 Å². The van der Waals surface area contributed by atoms with Gasteiger partial charge >= 0.3 is 0 Å². The topological polar surface area (TPSA) is 87.6 Å². The molecular formula is C22H21N3O3S. The Morgan fingerprint density at radius 1 is 0.828 bits per heavy atom. The summed E-state index contributed by atoms with van der Waals surface area (Å²) in [5.41, 5.74) is 5.05. The zero-order valence-electron chi connectivity index (χ0n) is 15.9. The van der Waals surface area contributed by atoms with Gasteiger partial charge in [-0.15, -0.1) is 0 Å². The van der Waals surface area contributed by atoms with Crippen molar-refractivity contribution >= 4 is 21.6 Å². The molecule has 0 aliphatic rings. The van der Waals surface area contributed by atoms with E-state index >= 15 is 0 Å². The van der Waals surface area contributed by atoms with Crippen LogP contribution in [0.3, 0.4) is 0 Å². The van der Waals surface area contributed by atoms with Crippen LogP contribution in [0.4, 0.5) is 0 Å². The fraction of sp³-hybridized carbons (Fsp3) is 0.0909. The van der Waals surface area contributed by atoms with E-state index in [9.17, 15) is 13.2 Å². The Morgan fingerprint density at radius 3 is 1.93 bits per heavy atom. The van der Waals surface area contributed by atoms with Crippen molar-refractivity contribution in [2.45, 2.75) is 11.8 Å². The van der Waals surface area contributed by atoms with Crippen molar-refractivity contribution < 1.29 is 13.2 Å². The standard InChI is InChI=1S/C22H21N3O3S/c1-2-23-29(27,28)20-15-9-14-19(16-20)22(26)25-24-21(17-10-5-3-6-11-17)18-12-7-4-8-13-18/h3-16,23H,2H2,1H3,(H,25,26). The molecule has 0 saturated heterocycles. The van der Waals surface area contributed by atoms with E-state index in [-0.39, 0.29) is 17.0 Å². The third-order valence-electron chi connectivity index (χ3n) is 4.10. The lowest BCUT2D eigenvalue weighted by atomic mass is 10.0.